The Morgan fingerprint density at radius 2 is 1.83 bits per heavy atom. The molecule has 0 unspecified atom stereocenters. The molecule has 1 aromatic heterocycles. The highest BCUT2D eigenvalue weighted by Crippen LogP contribution is 2.28. The number of pyridine rings is 1. The average molecular weight is 403 g/mol. The lowest BCUT2D eigenvalue weighted by Crippen LogP contribution is -2.52. The first kappa shape index (κ1) is 21.0. The van der Waals surface area contributed by atoms with E-state index in [-0.39, 0.29) is 5.56 Å². The van der Waals surface area contributed by atoms with Crippen LogP contribution in [0.1, 0.15) is 31.4 Å². The summed E-state index contributed by atoms with van der Waals surface area (Å²) in [5.41, 5.74) is 4.10. The quantitative estimate of drug-likeness (QED) is 0.449. The first-order chi connectivity index (χ1) is 14.0. The molecule has 2 N–H and O–H groups in total. The van der Waals surface area contributed by atoms with Crippen molar-refractivity contribution in [3.8, 4) is 0 Å². The second kappa shape index (κ2) is 9.65. The van der Waals surface area contributed by atoms with E-state index in [9.17, 15) is 14.0 Å². The van der Waals surface area contributed by atoms with Crippen molar-refractivity contribution in [2.24, 2.45) is 10.9 Å². The minimum absolute atomic E-state index is 0.0587. The Balaban J connectivity index is 1.66. The fourth-order valence-electron chi connectivity index (χ4n) is 3.44. The highest BCUT2D eigenvalue weighted by molar-refractivity contribution is 5.82. The molecule has 1 aliphatic heterocycles. The van der Waals surface area contributed by atoms with Crippen molar-refractivity contribution in [1.82, 2.24) is 15.4 Å². The molecule has 156 valence electrons. The number of halogens is 2. The van der Waals surface area contributed by atoms with Crippen molar-refractivity contribution >= 4 is 17.5 Å². The van der Waals surface area contributed by atoms with E-state index in [1.165, 1.54) is 23.9 Å². The number of guanidine groups is 1. The summed E-state index contributed by atoms with van der Waals surface area (Å²) in [6, 6.07) is 10.9. The van der Waals surface area contributed by atoms with E-state index in [0.717, 1.165) is 12.1 Å². The summed E-state index contributed by atoms with van der Waals surface area (Å²) in [5, 5.41) is 9.57. The third-order valence-corrected chi connectivity index (χ3v) is 4.85. The second-order valence-corrected chi connectivity index (χ2v) is 7.50. The van der Waals surface area contributed by atoms with E-state index in [1.807, 2.05) is 34.1 Å². The molecule has 0 amide bonds. The lowest BCUT2D eigenvalue weighted by atomic mass is 10.0. The van der Waals surface area contributed by atoms with Gasteiger partial charge < -0.3 is 9.80 Å². The normalized spacial score (nSPS) is 15.3. The lowest BCUT2D eigenvalue weighted by Gasteiger charge is -2.37. The van der Waals surface area contributed by atoms with Crippen molar-refractivity contribution in [1.29, 1.82) is 0 Å². The summed E-state index contributed by atoms with van der Waals surface area (Å²) in [4.78, 5) is 12.4. The maximum absolute atomic E-state index is 13.2. The van der Waals surface area contributed by atoms with Gasteiger partial charge >= 0.3 is 0 Å². The monoisotopic (exact) mass is 403 g/mol. The van der Waals surface area contributed by atoms with Crippen LogP contribution in [0.4, 0.5) is 20.3 Å². The number of alkyl halides is 2. The van der Waals surface area contributed by atoms with E-state index in [4.69, 9.17) is 0 Å². The number of hydrogen-bond donors (Lipinski definition) is 2. The smallest absolute Gasteiger partial charge is 0.267 e. The molecule has 0 atom stereocenters. The Labute approximate surface area is 169 Å². The summed E-state index contributed by atoms with van der Waals surface area (Å²) in [5.74, 6) is 1.25. The van der Waals surface area contributed by atoms with Crippen molar-refractivity contribution in [2.75, 3.05) is 31.1 Å². The van der Waals surface area contributed by atoms with Crippen LogP contribution in [0, 0.1) is 5.92 Å². The zero-order chi connectivity index (χ0) is 20.8. The Morgan fingerprint density at radius 1 is 1.14 bits per heavy atom. The molecule has 8 heteroatoms. The van der Waals surface area contributed by atoms with Gasteiger partial charge in [-0.2, -0.15) is 0 Å². The summed E-state index contributed by atoms with van der Waals surface area (Å²) in [6.07, 6.45) is -0.0317. The number of rotatable bonds is 5. The van der Waals surface area contributed by atoms with Crippen LogP contribution in [-0.2, 0) is 6.42 Å². The van der Waals surface area contributed by atoms with Gasteiger partial charge in [0.15, 0.2) is 0 Å². The number of piperazine rings is 1. The lowest BCUT2D eigenvalue weighted by molar-refractivity contribution is 0.151. The molecule has 0 saturated carbocycles. The number of hydroxylamine groups is 1. The molecule has 2 aromatic rings. The van der Waals surface area contributed by atoms with Gasteiger partial charge in [-0.05, 0) is 42.2 Å². The number of aromatic nitrogens is 1. The zero-order valence-electron chi connectivity index (χ0n) is 16.7. The molecule has 6 nitrogen and oxygen atoms in total. The molecule has 1 aliphatic rings. The summed E-state index contributed by atoms with van der Waals surface area (Å²) >= 11 is 0. The van der Waals surface area contributed by atoms with Gasteiger partial charge in [0, 0.05) is 32.4 Å². The molecule has 29 heavy (non-hydrogen) atoms. The van der Waals surface area contributed by atoms with Gasteiger partial charge in [-0.1, -0.05) is 26.0 Å². The van der Waals surface area contributed by atoms with Crippen LogP contribution in [0.25, 0.3) is 0 Å². The molecular formula is C21H27F2N5O. The van der Waals surface area contributed by atoms with E-state index in [1.54, 1.807) is 0 Å². The molecule has 0 radical (unpaired) electrons. The molecule has 1 aromatic carbocycles. The Morgan fingerprint density at radius 3 is 2.41 bits per heavy atom. The molecule has 1 saturated heterocycles. The van der Waals surface area contributed by atoms with Crippen LogP contribution in [0.15, 0.2) is 47.6 Å². The van der Waals surface area contributed by atoms with Crippen LogP contribution >= 0.6 is 0 Å². The van der Waals surface area contributed by atoms with E-state index in [0.29, 0.717) is 43.9 Å². The summed E-state index contributed by atoms with van der Waals surface area (Å²) < 4.78 is 26.5. The predicted octanol–water partition coefficient (Wildman–Crippen LogP) is 4.01. The molecular weight excluding hydrogens is 376 g/mol. The van der Waals surface area contributed by atoms with Crippen LogP contribution in [0.3, 0.4) is 0 Å². The van der Waals surface area contributed by atoms with Crippen molar-refractivity contribution in [3.63, 3.8) is 0 Å². The summed E-state index contributed by atoms with van der Waals surface area (Å²) in [7, 11) is 0. The number of nitrogens with one attached hydrogen (secondary N) is 1. The highest BCUT2D eigenvalue weighted by atomic mass is 19.3. The molecule has 0 aliphatic carbocycles. The Bertz CT molecular complexity index is 818. The topological polar surface area (TPSA) is 64.0 Å². The first-order valence-electron chi connectivity index (χ1n) is 9.78. The Hall–Kier alpha value is -2.74. The SMILES string of the molecule is CC(C)Cc1ccc(N=C(NO)N2CCN(c3ncccc3C(F)F)CC2)cc1. The number of hydrogen-bond acceptors (Lipinski definition) is 4. The number of nitrogens with zero attached hydrogens (tertiary/aromatic N) is 4. The van der Waals surface area contributed by atoms with Crippen LogP contribution in [-0.4, -0.2) is 47.2 Å². The fraction of sp³-hybridized carbons (Fsp3) is 0.429. The zero-order valence-corrected chi connectivity index (χ0v) is 16.7. The summed E-state index contributed by atoms with van der Waals surface area (Å²) in [6.45, 7) is 6.41. The minimum Gasteiger partial charge on any atom is -0.353 e. The molecule has 3 rings (SSSR count). The molecule has 2 heterocycles. The van der Waals surface area contributed by atoms with E-state index < -0.39 is 6.43 Å². The van der Waals surface area contributed by atoms with Crippen LogP contribution < -0.4 is 10.4 Å². The van der Waals surface area contributed by atoms with Gasteiger partial charge in [-0.3, -0.25) is 5.21 Å². The Kier molecular flexibility index (Phi) is 6.98. The fourth-order valence-corrected chi connectivity index (χ4v) is 3.44. The van der Waals surface area contributed by atoms with Gasteiger partial charge in [0.25, 0.3) is 6.43 Å². The minimum atomic E-state index is -2.56. The highest BCUT2D eigenvalue weighted by Gasteiger charge is 2.24. The van der Waals surface area contributed by atoms with Crippen LogP contribution in [0.5, 0.6) is 0 Å². The number of aliphatic imine (C=N–C) groups is 1. The molecule has 0 spiro atoms. The van der Waals surface area contributed by atoms with Gasteiger partial charge in [0.05, 0.1) is 11.3 Å². The average Bonchev–Trinajstić information content (AvgIpc) is 2.73. The third-order valence-electron chi connectivity index (χ3n) is 4.85. The van der Waals surface area contributed by atoms with Crippen molar-refractivity contribution in [3.05, 3.63) is 53.7 Å². The maximum atomic E-state index is 13.2. The van der Waals surface area contributed by atoms with E-state index in [2.05, 4.69) is 29.3 Å². The van der Waals surface area contributed by atoms with Gasteiger partial charge in [0.1, 0.15) is 5.82 Å². The number of benzene rings is 1. The van der Waals surface area contributed by atoms with Gasteiger partial charge in [-0.25, -0.2) is 24.2 Å². The largest absolute Gasteiger partial charge is 0.353 e. The first-order valence-corrected chi connectivity index (χ1v) is 9.78. The standard InChI is InChI=1S/C21H27F2N5O/c1-15(2)14-16-5-7-17(8-6-16)25-21(26-29)28-12-10-27(11-13-28)20-18(19(22)23)4-3-9-24-20/h3-9,15,19,29H,10-14H2,1-2H3,(H,25,26). The maximum Gasteiger partial charge on any atom is 0.267 e. The third kappa shape index (κ3) is 5.41. The van der Waals surface area contributed by atoms with Gasteiger partial charge in [-0.15, -0.1) is 0 Å². The van der Waals surface area contributed by atoms with Crippen molar-refractivity contribution in [2.45, 2.75) is 26.7 Å². The molecule has 1 fully saturated rings. The number of anilines is 1. The van der Waals surface area contributed by atoms with Gasteiger partial charge in [0.2, 0.25) is 5.96 Å². The van der Waals surface area contributed by atoms with E-state index >= 15 is 0 Å². The second-order valence-electron chi connectivity index (χ2n) is 7.50. The van der Waals surface area contributed by atoms with Crippen LogP contribution in [0.2, 0.25) is 0 Å². The predicted molar refractivity (Wildman–Crippen MR) is 110 cm³/mol. The van der Waals surface area contributed by atoms with Crippen molar-refractivity contribution < 1.29 is 14.0 Å². The molecule has 0 bridgehead atoms.